The zero-order chi connectivity index (χ0) is 26.9. The second-order valence-electron chi connectivity index (χ2n) is 9.41. The molecule has 3 aromatic carbocycles. The number of para-hydroxylation sites is 1. The number of nitrogen functional groups attached to an aromatic ring is 1. The number of amides is 1. The predicted octanol–water partition coefficient (Wildman–Crippen LogP) is 4.57. The molecule has 0 bridgehead atoms. The highest BCUT2D eigenvalue weighted by atomic mass is 16.5. The minimum absolute atomic E-state index is 0.0332. The van der Waals surface area contributed by atoms with E-state index >= 15 is 0 Å². The van der Waals surface area contributed by atoms with Gasteiger partial charge < -0.3 is 25.2 Å². The molecule has 4 N–H and O–H groups in total. The number of nitrogens with two attached hydrogens (primary N) is 1. The average Bonchev–Trinajstić information content (AvgIpc) is 3.21. The van der Waals surface area contributed by atoms with E-state index < -0.39 is 11.9 Å². The number of ether oxygens (including phenoxy) is 2. The van der Waals surface area contributed by atoms with E-state index in [-0.39, 0.29) is 24.2 Å². The summed E-state index contributed by atoms with van der Waals surface area (Å²) < 4.78 is 11.8. The SMILES string of the molecule is N=C(N)c1ccc(-c2ccc(OC[C@@H]3C[C@@H](CC(=O)O)C(=O)N3CCCCOc3ccccc3)cc2)cc1. The topological polar surface area (TPSA) is 126 Å². The number of rotatable bonds is 13. The molecule has 1 aliphatic rings. The monoisotopic (exact) mass is 515 g/mol. The molecule has 38 heavy (non-hydrogen) atoms. The molecule has 0 aromatic heterocycles. The number of amidine groups is 1. The van der Waals surface area contributed by atoms with Gasteiger partial charge in [0.15, 0.2) is 0 Å². The number of carboxylic acids is 1. The van der Waals surface area contributed by atoms with Gasteiger partial charge in [-0.25, -0.2) is 0 Å². The van der Waals surface area contributed by atoms with Gasteiger partial charge in [-0.3, -0.25) is 15.0 Å². The third-order valence-electron chi connectivity index (χ3n) is 6.68. The van der Waals surface area contributed by atoms with E-state index in [0.29, 0.717) is 37.5 Å². The first-order chi connectivity index (χ1) is 18.4. The van der Waals surface area contributed by atoms with Gasteiger partial charge in [-0.05, 0) is 54.7 Å². The van der Waals surface area contributed by atoms with Crippen LogP contribution < -0.4 is 15.2 Å². The van der Waals surface area contributed by atoms with Crippen LogP contribution in [0.1, 0.15) is 31.2 Å². The molecule has 8 heteroatoms. The van der Waals surface area contributed by atoms with Crippen molar-refractivity contribution in [2.75, 3.05) is 19.8 Å². The second-order valence-corrected chi connectivity index (χ2v) is 9.41. The largest absolute Gasteiger partial charge is 0.494 e. The van der Waals surface area contributed by atoms with Gasteiger partial charge in [0.05, 0.1) is 25.0 Å². The molecule has 1 fully saturated rings. The first kappa shape index (κ1) is 26.7. The first-order valence-corrected chi connectivity index (χ1v) is 12.8. The lowest BCUT2D eigenvalue weighted by atomic mass is 10.0. The highest BCUT2D eigenvalue weighted by Gasteiger charge is 2.40. The summed E-state index contributed by atoms with van der Waals surface area (Å²) in [5, 5.41) is 16.8. The Morgan fingerprint density at radius 2 is 1.55 bits per heavy atom. The summed E-state index contributed by atoms with van der Waals surface area (Å²) in [6.07, 6.45) is 1.84. The molecule has 0 aliphatic carbocycles. The number of carboxylic acid groups (broad SMARTS) is 1. The quantitative estimate of drug-likeness (QED) is 0.174. The smallest absolute Gasteiger partial charge is 0.304 e. The normalized spacial score (nSPS) is 16.8. The molecule has 4 rings (SSSR count). The van der Waals surface area contributed by atoms with Crippen molar-refractivity contribution in [2.45, 2.75) is 31.7 Å². The molecule has 0 spiro atoms. The maximum Gasteiger partial charge on any atom is 0.304 e. The van der Waals surface area contributed by atoms with Crippen LogP contribution in [0.25, 0.3) is 11.1 Å². The van der Waals surface area contributed by atoms with Crippen molar-refractivity contribution in [1.82, 2.24) is 4.90 Å². The number of hydrogen-bond acceptors (Lipinski definition) is 5. The molecule has 1 amide bonds. The van der Waals surface area contributed by atoms with E-state index in [2.05, 4.69) is 0 Å². The molecule has 1 aliphatic heterocycles. The van der Waals surface area contributed by atoms with Crippen molar-refractivity contribution >= 4 is 17.7 Å². The van der Waals surface area contributed by atoms with Gasteiger partial charge >= 0.3 is 5.97 Å². The number of unbranched alkanes of at least 4 members (excludes halogenated alkanes) is 1. The fourth-order valence-electron chi connectivity index (χ4n) is 4.67. The van der Waals surface area contributed by atoms with Crippen LogP contribution in [0.15, 0.2) is 78.9 Å². The lowest BCUT2D eigenvalue weighted by Gasteiger charge is -2.25. The van der Waals surface area contributed by atoms with Gasteiger partial charge in [0.1, 0.15) is 23.9 Å². The predicted molar refractivity (Wildman–Crippen MR) is 145 cm³/mol. The molecule has 2 atom stereocenters. The highest BCUT2D eigenvalue weighted by Crippen LogP contribution is 2.29. The van der Waals surface area contributed by atoms with Crippen LogP contribution in [-0.2, 0) is 9.59 Å². The lowest BCUT2D eigenvalue weighted by Crippen LogP contribution is -2.38. The van der Waals surface area contributed by atoms with Crippen LogP contribution in [0, 0.1) is 11.3 Å². The molecular weight excluding hydrogens is 482 g/mol. The molecule has 0 radical (unpaired) electrons. The number of carbonyl (C=O) groups excluding carboxylic acids is 1. The Morgan fingerprint density at radius 1 is 0.921 bits per heavy atom. The maximum atomic E-state index is 13.0. The van der Waals surface area contributed by atoms with Crippen molar-refractivity contribution in [3.8, 4) is 22.6 Å². The molecule has 8 nitrogen and oxygen atoms in total. The fraction of sp³-hybridized carbons (Fsp3) is 0.300. The third kappa shape index (κ3) is 7.12. The highest BCUT2D eigenvalue weighted by molar-refractivity contribution is 5.95. The van der Waals surface area contributed by atoms with Crippen molar-refractivity contribution in [3.63, 3.8) is 0 Å². The average molecular weight is 516 g/mol. The standard InChI is InChI=1S/C30H33N3O5/c31-29(32)23-10-8-21(9-11-23)22-12-14-27(15-13-22)38-20-25-18-24(19-28(34)35)30(36)33(25)16-4-5-17-37-26-6-2-1-3-7-26/h1-3,6-15,24-25H,4-5,16-20H2,(H3,31,32)(H,34,35)/t24-,25-/m0/s1. The van der Waals surface area contributed by atoms with Crippen molar-refractivity contribution in [3.05, 3.63) is 84.4 Å². The Labute approximate surface area is 222 Å². The zero-order valence-electron chi connectivity index (χ0n) is 21.2. The van der Waals surface area contributed by atoms with E-state index in [9.17, 15) is 14.7 Å². The Balaban J connectivity index is 1.32. The molecule has 1 heterocycles. The van der Waals surface area contributed by atoms with Crippen LogP contribution in [0.5, 0.6) is 11.5 Å². The molecular formula is C30H33N3O5. The number of hydrogen-bond donors (Lipinski definition) is 3. The van der Waals surface area contributed by atoms with Gasteiger partial charge in [0.2, 0.25) is 5.91 Å². The van der Waals surface area contributed by atoms with Crippen LogP contribution in [-0.4, -0.2) is 53.5 Å². The molecule has 1 saturated heterocycles. The van der Waals surface area contributed by atoms with Gasteiger partial charge in [0.25, 0.3) is 0 Å². The van der Waals surface area contributed by atoms with Crippen LogP contribution in [0.3, 0.4) is 0 Å². The van der Waals surface area contributed by atoms with Gasteiger partial charge in [-0.15, -0.1) is 0 Å². The third-order valence-corrected chi connectivity index (χ3v) is 6.68. The van der Waals surface area contributed by atoms with E-state index in [4.69, 9.17) is 20.6 Å². The molecule has 3 aromatic rings. The number of nitrogens with zero attached hydrogens (tertiary/aromatic N) is 1. The summed E-state index contributed by atoms with van der Waals surface area (Å²) in [5.74, 6) is -0.0775. The van der Waals surface area contributed by atoms with Crippen molar-refractivity contribution < 1.29 is 24.2 Å². The maximum absolute atomic E-state index is 13.0. The number of likely N-dealkylation sites (tertiary alicyclic amines) is 1. The molecule has 0 unspecified atom stereocenters. The van der Waals surface area contributed by atoms with Crippen LogP contribution in [0.4, 0.5) is 0 Å². The Bertz CT molecular complexity index is 1230. The molecule has 0 saturated carbocycles. The summed E-state index contributed by atoms with van der Waals surface area (Å²) in [6.45, 7) is 1.39. The summed E-state index contributed by atoms with van der Waals surface area (Å²) in [7, 11) is 0. The van der Waals surface area contributed by atoms with Gasteiger partial charge in [-0.2, -0.15) is 0 Å². The van der Waals surface area contributed by atoms with Crippen LogP contribution in [0.2, 0.25) is 0 Å². The first-order valence-electron chi connectivity index (χ1n) is 12.8. The van der Waals surface area contributed by atoms with Crippen LogP contribution >= 0.6 is 0 Å². The van der Waals surface area contributed by atoms with Gasteiger partial charge in [0, 0.05) is 12.1 Å². The summed E-state index contributed by atoms with van der Waals surface area (Å²) >= 11 is 0. The summed E-state index contributed by atoms with van der Waals surface area (Å²) in [6, 6.07) is 24.5. The second kappa shape index (κ2) is 12.8. The van der Waals surface area contributed by atoms with Crippen molar-refractivity contribution in [1.29, 1.82) is 5.41 Å². The number of nitrogens with one attached hydrogen (secondary N) is 1. The lowest BCUT2D eigenvalue weighted by molar-refractivity contribution is -0.142. The number of benzene rings is 3. The molecule has 198 valence electrons. The van der Waals surface area contributed by atoms with E-state index in [1.807, 2.05) is 78.9 Å². The minimum Gasteiger partial charge on any atom is -0.494 e. The summed E-state index contributed by atoms with van der Waals surface area (Å²) in [5.41, 5.74) is 8.21. The zero-order valence-corrected chi connectivity index (χ0v) is 21.2. The number of carbonyl (C=O) groups is 2. The number of aliphatic carboxylic acids is 1. The Morgan fingerprint density at radius 3 is 2.18 bits per heavy atom. The van der Waals surface area contributed by atoms with E-state index in [1.165, 1.54) is 0 Å². The van der Waals surface area contributed by atoms with E-state index in [0.717, 1.165) is 29.7 Å². The van der Waals surface area contributed by atoms with Gasteiger partial charge in [-0.1, -0.05) is 54.6 Å². The summed E-state index contributed by atoms with van der Waals surface area (Å²) in [4.78, 5) is 26.0. The fourth-order valence-corrected chi connectivity index (χ4v) is 4.67. The Kier molecular flexibility index (Phi) is 8.98. The minimum atomic E-state index is -0.965. The van der Waals surface area contributed by atoms with Crippen molar-refractivity contribution in [2.24, 2.45) is 11.7 Å². The van der Waals surface area contributed by atoms with E-state index in [1.54, 1.807) is 4.90 Å². The Hall–Kier alpha value is -4.33.